The van der Waals surface area contributed by atoms with Crippen molar-refractivity contribution < 1.29 is 9.53 Å². The number of nitrogens with one attached hydrogen (secondary N) is 2. The van der Waals surface area contributed by atoms with Gasteiger partial charge >= 0.3 is 0 Å². The fourth-order valence-corrected chi connectivity index (χ4v) is 2.41. The van der Waals surface area contributed by atoms with E-state index in [-0.39, 0.29) is 30.7 Å². The molecule has 2 fully saturated rings. The molecule has 2 saturated heterocycles. The van der Waals surface area contributed by atoms with E-state index in [9.17, 15) is 4.79 Å². The van der Waals surface area contributed by atoms with Crippen molar-refractivity contribution >= 4 is 30.7 Å². The Labute approximate surface area is 127 Å². The van der Waals surface area contributed by atoms with E-state index >= 15 is 0 Å². The molecular formula is C12H25Cl2N3O2. The molecule has 19 heavy (non-hydrogen) atoms. The third-order valence-corrected chi connectivity index (χ3v) is 3.45. The normalized spacial score (nSPS) is 23.3. The first-order chi connectivity index (χ1) is 8.34. The maximum atomic E-state index is 11.6. The maximum absolute atomic E-state index is 11.6. The molecule has 0 bridgehead atoms. The van der Waals surface area contributed by atoms with Crippen LogP contribution in [-0.2, 0) is 9.53 Å². The zero-order chi connectivity index (χ0) is 11.9. The largest absolute Gasteiger partial charge is 0.379 e. The molecular weight excluding hydrogens is 289 g/mol. The van der Waals surface area contributed by atoms with Crippen molar-refractivity contribution in [3.8, 4) is 0 Å². The summed E-state index contributed by atoms with van der Waals surface area (Å²) in [5.41, 5.74) is 0. The van der Waals surface area contributed by atoms with Gasteiger partial charge in [0.25, 0.3) is 0 Å². The van der Waals surface area contributed by atoms with Crippen LogP contribution < -0.4 is 10.6 Å². The van der Waals surface area contributed by atoms with Gasteiger partial charge in [0.05, 0.1) is 13.2 Å². The lowest BCUT2D eigenvalue weighted by Crippen LogP contribution is -2.42. The number of morpholine rings is 1. The maximum Gasteiger partial charge on any atom is 0.221 e. The fraction of sp³-hybridized carbons (Fsp3) is 0.917. The Hall–Kier alpha value is -0.0700. The van der Waals surface area contributed by atoms with Crippen LogP contribution in [0.25, 0.3) is 0 Å². The molecule has 114 valence electrons. The second-order valence-corrected chi connectivity index (χ2v) is 4.80. The number of halogens is 2. The Morgan fingerprint density at radius 3 is 2.68 bits per heavy atom. The highest BCUT2D eigenvalue weighted by Crippen LogP contribution is 2.07. The second-order valence-electron chi connectivity index (χ2n) is 4.80. The Balaban J connectivity index is 0.00000162. The lowest BCUT2D eigenvalue weighted by molar-refractivity contribution is -0.121. The van der Waals surface area contributed by atoms with Gasteiger partial charge in [0, 0.05) is 38.6 Å². The van der Waals surface area contributed by atoms with Gasteiger partial charge < -0.3 is 15.4 Å². The third-order valence-electron chi connectivity index (χ3n) is 3.45. The SMILES string of the molecule is Cl.Cl.O=C(CC1CCCN1)NCCN1CCOCC1. The van der Waals surface area contributed by atoms with E-state index in [0.29, 0.717) is 12.5 Å². The Morgan fingerprint density at radius 1 is 1.32 bits per heavy atom. The van der Waals surface area contributed by atoms with Gasteiger partial charge in [0.2, 0.25) is 5.91 Å². The zero-order valence-electron chi connectivity index (χ0n) is 11.2. The minimum atomic E-state index is 0. The van der Waals surface area contributed by atoms with Crippen LogP contribution in [0.15, 0.2) is 0 Å². The molecule has 1 amide bonds. The van der Waals surface area contributed by atoms with E-state index in [4.69, 9.17) is 4.74 Å². The van der Waals surface area contributed by atoms with Crippen LogP contribution in [0.2, 0.25) is 0 Å². The van der Waals surface area contributed by atoms with Gasteiger partial charge in [-0.15, -0.1) is 24.8 Å². The highest BCUT2D eigenvalue weighted by Gasteiger charge is 2.17. The summed E-state index contributed by atoms with van der Waals surface area (Å²) in [7, 11) is 0. The van der Waals surface area contributed by atoms with Gasteiger partial charge in [-0.1, -0.05) is 0 Å². The number of nitrogens with zero attached hydrogens (tertiary/aromatic N) is 1. The van der Waals surface area contributed by atoms with Crippen LogP contribution >= 0.6 is 24.8 Å². The van der Waals surface area contributed by atoms with Gasteiger partial charge in [-0.2, -0.15) is 0 Å². The minimum absolute atomic E-state index is 0. The van der Waals surface area contributed by atoms with Crippen molar-refractivity contribution in [2.24, 2.45) is 0 Å². The lowest BCUT2D eigenvalue weighted by atomic mass is 10.1. The molecule has 0 aromatic rings. The second kappa shape index (κ2) is 10.7. The first-order valence-corrected chi connectivity index (χ1v) is 6.65. The summed E-state index contributed by atoms with van der Waals surface area (Å²) in [6.07, 6.45) is 2.96. The monoisotopic (exact) mass is 313 g/mol. The summed E-state index contributed by atoms with van der Waals surface area (Å²) in [5.74, 6) is 0.178. The summed E-state index contributed by atoms with van der Waals surface area (Å²) in [6, 6.07) is 0.401. The molecule has 1 unspecified atom stereocenters. The van der Waals surface area contributed by atoms with Crippen LogP contribution in [0.4, 0.5) is 0 Å². The molecule has 2 rings (SSSR count). The molecule has 2 aliphatic heterocycles. The number of carbonyl (C=O) groups is 1. The van der Waals surface area contributed by atoms with Crippen LogP contribution in [0.3, 0.4) is 0 Å². The molecule has 0 aromatic heterocycles. The summed E-state index contributed by atoms with van der Waals surface area (Å²) in [5, 5.41) is 6.33. The minimum Gasteiger partial charge on any atom is -0.379 e. The highest BCUT2D eigenvalue weighted by atomic mass is 35.5. The van der Waals surface area contributed by atoms with E-state index in [1.165, 1.54) is 6.42 Å². The lowest BCUT2D eigenvalue weighted by Gasteiger charge is -2.26. The number of amides is 1. The standard InChI is InChI=1S/C12H23N3O2.2ClH/c16-12(10-11-2-1-3-13-11)14-4-5-15-6-8-17-9-7-15;;/h11,13H,1-10H2,(H,14,16);2*1H. The van der Waals surface area contributed by atoms with Crippen LogP contribution in [0, 0.1) is 0 Å². The highest BCUT2D eigenvalue weighted by molar-refractivity contribution is 5.85. The summed E-state index contributed by atoms with van der Waals surface area (Å²) in [4.78, 5) is 14.0. The number of ether oxygens (including phenoxy) is 1. The Morgan fingerprint density at radius 2 is 2.05 bits per heavy atom. The molecule has 5 nitrogen and oxygen atoms in total. The fourth-order valence-electron chi connectivity index (χ4n) is 2.41. The molecule has 0 saturated carbocycles. The van der Waals surface area contributed by atoms with E-state index in [2.05, 4.69) is 15.5 Å². The van der Waals surface area contributed by atoms with E-state index < -0.39 is 0 Å². The molecule has 0 radical (unpaired) electrons. The van der Waals surface area contributed by atoms with E-state index in [1.54, 1.807) is 0 Å². The average molecular weight is 314 g/mol. The van der Waals surface area contributed by atoms with Gasteiger partial charge in [0.1, 0.15) is 0 Å². The van der Waals surface area contributed by atoms with Gasteiger partial charge in [-0.05, 0) is 19.4 Å². The molecule has 2 aliphatic rings. The first kappa shape index (κ1) is 18.9. The van der Waals surface area contributed by atoms with Crippen molar-refractivity contribution in [3.63, 3.8) is 0 Å². The van der Waals surface area contributed by atoms with Crippen molar-refractivity contribution in [1.82, 2.24) is 15.5 Å². The Kier molecular flexibility index (Phi) is 10.6. The van der Waals surface area contributed by atoms with Crippen molar-refractivity contribution in [2.75, 3.05) is 45.9 Å². The summed E-state index contributed by atoms with van der Waals surface area (Å²) >= 11 is 0. The third kappa shape index (κ3) is 7.32. The quantitative estimate of drug-likeness (QED) is 0.772. The molecule has 0 spiro atoms. The number of hydrogen-bond acceptors (Lipinski definition) is 4. The number of hydrogen-bond donors (Lipinski definition) is 2. The van der Waals surface area contributed by atoms with Crippen LogP contribution in [-0.4, -0.2) is 62.8 Å². The topological polar surface area (TPSA) is 53.6 Å². The van der Waals surface area contributed by atoms with Gasteiger partial charge in [-0.25, -0.2) is 0 Å². The van der Waals surface area contributed by atoms with Gasteiger partial charge in [0.15, 0.2) is 0 Å². The summed E-state index contributed by atoms with van der Waals surface area (Å²) < 4.78 is 5.28. The molecule has 1 atom stereocenters. The number of rotatable bonds is 5. The molecule has 0 aliphatic carbocycles. The average Bonchev–Trinajstić information content (AvgIpc) is 2.83. The van der Waals surface area contributed by atoms with Crippen LogP contribution in [0.5, 0.6) is 0 Å². The van der Waals surface area contributed by atoms with E-state index in [0.717, 1.165) is 52.4 Å². The summed E-state index contributed by atoms with van der Waals surface area (Å²) in [6.45, 7) is 6.37. The van der Waals surface area contributed by atoms with Gasteiger partial charge in [-0.3, -0.25) is 9.69 Å². The predicted octanol–water partition coefficient (Wildman–Crippen LogP) is 0.421. The molecule has 0 aromatic carbocycles. The van der Waals surface area contributed by atoms with Crippen LogP contribution in [0.1, 0.15) is 19.3 Å². The smallest absolute Gasteiger partial charge is 0.221 e. The Bertz CT molecular complexity index is 245. The molecule has 2 heterocycles. The zero-order valence-corrected chi connectivity index (χ0v) is 12.9. The van der Waals surface area contributed by atoms with Crippen molar-refractivity contribution in [2.45, 2.75) is 25.3 Å². The molecule has 7 heteroatoms. The number of carbonyl (C=O) groups excluding carboxylic acids is 1. The van der Waals surface area contributed by atoms with Crippen molar-refractivity contribution in [1.29, 1.82) is 0 Å². The predicted molar refractivity (Wildman–Crippen MR) is 80.4 cm³/mol. The first-order valence-electron chi connectivity index (χ1n) is 6.65. The molecule has 2 N–H and O–H groups in total. The van der Waals surface area contributed by atoms with E-state index in [1.807, 2.05) is 0 Å². The van der Waals surface area contributed by atoms with Crippen molar-refractivity contribution in [3.05, 3.63) is 0 Å².